The highest BCUT2D eigenvalue weighted by Gasteiger charge is 2.37. The number of sulfonamides is 1. The third-order valence-corrected chi connectivity index (χ3v) is 6.43. The minimum absolute atomic E-state index is 0.0226. The number of ether oxygens (including phenoxy) is 1. The van der Waals surface area contributed by atoms with Gasteiger partial charge in [0, 0.05) is 13.1 Å². The van der Waals surface area contributed by atoms with Gasteiger partial charge in [0.25, 0.3) is 5.91 Å². The van der Waals surface area contributed by atoms with E-state index in [-0.39, 0.29) is 17.9 Å². The van der Waals surface area contributed by atoms with Gasteiger partial charge >= 0.3 is 0 Å². The Morgan fingerprint density at radius 2 is 1.74 bits per heavy atom. The molecule has 3 rings (SSSR count). The lowest BCUT2D eigenvalue weighted by molar-refractivity contribution is -0.138. The second-order valence-electron chi connectivity index (χ2n) is 8.57. The van der Waals surface area contributed by atoms with Crippen molar-refractivity contribution in [2.24, 2.45) is 0 Å². The van der Waals surface area contributed by atoms with Crippen LogP contribution in [0.3, 0.4) is 0 Å². The molecule has 1 aromatic carbocycles. The first-order valence-electron chi connectivity index (χ1n) is 9.65. The predicted molar refractivity (Wildman–Crippen MR) is 107 cm³/mol. The van der Waals surface area contributed by atoms with Gasteiger partial charge in [0.15, 0.2) is 6.10 Å². The van der Waals surface area contributed by atoms with E-state index in [1.807, 2.05) is 17.0 Å². The summed E-state index contributed by atoms with van der Waals surface area (Å²) in [6.45, 7) is 7.69. The van der Waals surface area contributed by atoms with Crippen LogP contribution in [0.2, 0.25) is 0 Å². The van der Waals surface area contributed by atoms with Crippen LogP contribution in [0.25, 0.3) is 0 Å². The van der Waals surface area contributed by atoms with Crippen LogP contribution in [0, 0.1) is 0 Å². The lowest BCUT2D eigenvalue weighted by Crippen LogP contribution is -2.52. The van der Waals surface area contributed by atoms with Gasteiger partial charge in [-0.1, -0.05) is 39.7 Å². The molecule has 0 aromatic heterocycles. The van der Waals surface area contributed by atoms with E-state index in [1.165, 1.54) is 10.6 Å². The highest BCUT2D eigenvalue weighted by Crippen LogP contribution is 2.38. The number of carbonyl (C=O) groups is 1. The Labute approximate surface area is 162 Å². The van der Waals surface area contributed by atoms with Crippen molar-refractivity contribution in [3.63, 3.8) is 0 Å². The van der Waals surface area contributed by atoms with Gasteiger partial charge in [-0.2, -0.15) is 0 Å². The van der Waals surface area contributed by atoms with Crippen LogP contribution >= 0.6 is 0 Å². The molecule has 0 aliphatic carbocycles. The lowest BCUT2D eigenvalue weighted by atomic mass is 9.86. The van der Waals surface area contributed by atoms with Crippen LogP contribution in [0.15, 0.2) is 18.2 Å². The summed E-state index contributed by atoms with van der Waals surface area (Å²) in [5.41, 5.74) is 1.43. The van der Waals surface area contributed by atoms with E-state index in [0.717, 1.165) is 31.2 Å². The highest BCUT2D eigenvalue weighted by atomic mass is 32.2. The van der Waals surface area contributed by atoms with Gasteiger partial charge in [0.1, 0.15) is 5.75 Å². The Kier molecular flexibility index (Phi) is 5.43. The molecule has 0 saturated carbocycles. The number of hydrogen-bond acceptors (Lipinski definition) is 4. The van der Waals surface area contributed by atoms with Crippen LogP contribution in [-0.2, 0) is 20.2 Å². The zero-order valence-corrected chi connectivity index (χ0v) is 17.5. The third-order valence-electron chi connectivity index (χ3n) is 5.29. The molecule has 150 valence electrons. The minimum Gasteiger partial charge on any atom is -0.476 e. The maximum Gasteiger partial charge on any atom is 0.265 e. The van der Waals surface area contributed by atoms with E-state index in [9.17, 15) is 13.2 Å². The van der Waals surface area contributed by atoms with Crippen LogP contribution in [-0.4, -0.2) is 51.2 Å². The zero-order chi connectivity index (χ0) is 19.8. The second-order valence-corrected chi connectivity index (χ2v) is 10.5. The molecule has 27 heavy (non-hydrogen) atoms. The van der Waals surface area contributed by atoms with Crippen molar-refractivity contribution in [1.29, 1.82) is 0 Å². The van der Waals surface area contributed by atoms with Gasteiger partial charge in [-0.05, 0) is 36.0 Å². The molecule has 1 unspecified atom stereocenters. The number of likely N-dealkylation sites (tertiary alicyclic amines) is 1. The van der Waals surface area contributed by atoms with Gasteiger partial charge in [-0.3, -0.25) is 9.10 Å². The predicted octanol–water partition coefficient (Wildman–Crippen LogP) is 2.91. The Hall–Kier alpha value is -1.76. The average molecular weight is 395 g/mol. The van der Waals surface area contributed by atoms with Crippen molar-refractivity contribution in [2.75, 3.05) is 30.2 Å². The molecule has 1 fully saturated rings. The first-order valence-corrected chi connectivity index (χ1v) is 11.5. The SMILES string of the molecule is CC(C)(C)c1ccc2c(c1)N(S(C)(=O)=O)CC(C(=O)N1CCCCCC1)O2. The summed E-state index contributed by atoms with van der Waals surface area (Å²) in [5, 5.41) is 0. The maximum absolute atomic E-state index is 13.0. The molecule has 2 aliphatic rings. The number of nitrogens with zero attached hydrogens (tertiary/aromatic N) is 2. The minimum atomic E-state index is -3.52. The first kappa shape index (κ1) is 20.0. The molecule has 1 saturated heterocycles. The molecule has 0 bridgehead atoms. The molecule has 1 amide bonds. The van der Waals surface area contributed by atoms with E-state index >= 15 is 0 Å². The number of amides is 1. The Balaban J connectivity index is 1.93. The molecule has 1 aromatic rings. The lowest BCUT2D eigenvalue weighted by Gasteiger charge is -2.37. The summed E-state index contributed by atoms with van der Waals surface area (Å²) in [6, 6.07) is 5.59. The van der Waals surface area contributed by atoms with Crippen molar-refractivity contribution in [2.45, 2.75) is 58.0 Å². The maximum atomic E-state index is 13.0. The van der Waals surface area contributed by atoms with E-state index in [0.29, 0.717) is 24.5 Å². The fourth-order valence-electron chi connectivity index (χ4n) is 3.66. The zero-order valence-electron chi connectivity index (χ0n) is 16.7. The van der Waals surface area contributed by atoms with Gasteiger partial charge in [-0.25, -0.2) is 8.42 Å². The van der Waals surface area contributed by atoms with Gasteiger partial charge in [-0.15, -0.1) is 0 Å². The summed E-state index contributed by atoms with van der Waals surface area (Å²) in [4.78, 5) is 14.8. The van der Waals surface area contributed by atoms with Crippen LogP contribution in [0.4, 0.5) is 5.69 Å². The molecular weight excluding hydrogens is 364 g/mol. The average Bonchev–Trinajstić information content (AvgIpc) is 2.87. The molecule has 6 nitrogen and oxygen atoms in total. The largest absolute Gasteiger partial charge is 0.476 e. The van der Waals surface area contributed by atoms with Crippen molar-refractivity contribution in [3.05, 3.63) is 23.8 Å². The van der Waals surface area contributed by atoms with Gasteiger partial charge in [0.05, 0.1) is 18.5 Å². The molecular formula is C20H30N2O4S. The number of fused-ring (bicyclic) bond motifs is 1. The molecule has 1 atom stereocenters. The van der Waals surface area contributed by atoms with Gasteiger partial charge < -0.3 is 9.64 Å². The highest BCUT2D eigenvalue weighted by molar-refractivity contribution is 7.92. The standard InChI is InChI=1S/C20H30N2O4S/c1-20(2,3)15-9-10-17-16(13-15)22(27(4,24)25)14-18(26-17)19(23)21-11-7-5-6-8-12-21/h9-10,13,18H,5-8,11-12,14H2,1-4H3. The normalized spacial score (nSPS) is 21.3. The smallest absolute Gasteiger partial charge is 0.265 e. The molecule has 2 aliphatic heterocycles. The van der Waals surface area contributed by atoms with Crippen molar-refractivity contribution in [1.82, 2.24) is 4.90 Å². The summed E-state index contributed by atoms with van der Waals surface area (Å²) in [5.74, 6) is 0.337. The van der Waals surface area contributed by atoms with Crippen LogP contribution in [0.5, 0.6) is 5.75 Å². The summed E-state index contributed by atoms with van der Waals surface area (Å²) < 4.78 is 32.2. The first-order chi connectivity index (χ1) is 12.6. The summed E-state index contributed by atoms with van der Waals surface area (Å²) in [7, 11) is -3.52. The Morgan fingerprint density at radius 1 is 1.11 bits per heavy atom. The Morgan fingerprint density at radius 3 is 2.30 bits per heavy atom. The summed E-state index contributed by atoms with van der Waals surface area (Å²) >= 11 is 0. The fraction of sp³-hybridized carbons (Fsp3) is 0.650. The van der Waals surface area contributed by atoms with Crippen LogP contribution in [0.1, 0.15) is 52.0 Å². The molecule has 2 heterocycles. The topological polar surface area (TPSA) is 66.9 Å². The van der Waals surface area contributed by atoms with E-state index in [2.05, 4.69) is 20.8 Å². The molecule has 7 heteroatoms. The Bertz CT molecular complexity index is 806. The van der Waals surface area contributed by atoms with E-state index < -0.39 is 16.1 Å². The second kappa shape index (κ2) is 7.34. The molecule has 0 spiro atoms. The van der Waals surface area contributed by atoms with Gasteiger partial charge in [0.2, 0.25) is 10.0 Å². The monoisotopic (exact) mass is 394 g/mol. The molecule has 0 N–H and O–H groups in total. The number of carbonyl (C=O) groups excluding carboxylic acids is 1. The number of anilines is 1. The number of rotatable bonds is 2. The van der Waals surface area contributed by atoms with Crippen molar-refractivity contribution < 1.29 is 17.9 Å². The van der Waals surface area contributed by atoms with Crippen molar-refractivity contribution >= 4 is 21.6 Å². The third kappa shape index (κ3) is 4.39. The number of hydrogen-bond donors (Lipinski definition) is 0. The van der Waals surface area contributed by atoms with E-state index in [4.69, 9.17) is 4.74 Å². The number of benzene rings is 1. The molecule has 0 radical (unpaired) electrons. The van der Waals surface area contributed by atoms with E-state index in [1.54, 1.807) is 6.07 Å². The summed E-state index contributed by atoms with van der Waals surface area (Å²) in [6.07, 6.45) is 4.61. The van der Waals surface area contributed by atoms with Crippen LogP contribution < -0.4 is 9.04 Å². The van der Waals surface area contributed by atoms with Crippen molar-refractivity contribution in [3.8, 4) is 5.75 Å². The fourth-order valence-corrected chi connectivity index (χ4v) is 4.56. The quantitative estimate of drug-likeness (QED) is 0.774.